The molecule has 0 spiro atoms. The summed E-state index contributed by atoms with van der Waals surface area (Å²) < 4.78 is 32.9. The lowest BCUT2D eigenvalue weighted by atomic mass is 10.2. The van der Waals surface area contributed by atoms with Gasteiger partial charge in [-0.2, -0.15) is 0 Å². The van der Waals surface area contributed by atoms with Crippen LogP contribution in [0.4, 0.5) is 11.4 Å². The normalized spacial score (nSPS) is 12.0. The lowest BCUT2D eigenvalue weighted by Crippen LogP contribution is -2.31. The molecule has 33 heavy (non-hydrogen) atoms. The van der Waals surface area contributed by atoms with E-state index in [9.17, 15) is 18.0 Å². The Balaban J connectivity index is 1.74. The van der Waals surface area contributed by atoms with E-state index >= 15 is 0 Å². The number of nitrogens with one attached hydrogen (secondary N) is 1. The second-order valence-corrected chi connectivity index (χ2v) is 9.38. The molecule has 0 saturated carbocycles. The van der Waals surface area contributed by atoms with Crippen molar-refractivity contribution >= 4 is 44.9 Å². The SMILES string of the molecule is CCN(c1ccccc1)S(=O)(=O)c1cccc(C(=O)O[C@@H](C)C(=O)Nc2ccc(Cl)cc2)c1. The van der Waals surface area contributed by atoms with Crippen LogP contribution in [-0.4, -0.2) is 32.9 Å². The molecule has 3 aromatic carbocycles. The fourth-order valence-electron chi connectivity index (χ4n) is 3.06. The summed E-state index contributed by atoms with van der Waals surface area (Å²) in [5.74, 6) is -1.34. The van der Waals surface area contributed by atoms with E-state index in [1.807, 2.05) is 0 Å². The van der Waals surface area contributed by atoms with Gasteiger partial charge in [-0.25, -0.2) is 13.2 Å². The molecule has 1 amide bonds. The van der Waals surface area contributed by atoms with Crippen molar-refractivity contribution in [2.45, 2.75) is 24.8 Å². The van der Waals surface area contributed by atoms with Gasteiger partial charge in [0, 0.05) is 17.3 Å². The average Bonchev–Trinajstić information content (AvgIpc) is 2.81. The van der Waals surface area contributed by atoms with E-state index in [2.05, 4.69) is 5.32 Å². The molecule has 3 rings (SSSR count). The number of carbonyl (C=O) groups excluding carboxylic acids is 2. The Labute approximate surface area is 198 Å². The molecule has 172 valence electrons. The van der Waals surface area contributed by atoms with Gasteiger partial charge in [0.05, 0.1) is 16.1 Å². The van der Waals surface area contributed by atoms with Crippen molar-refractivity contribution < 1.29 is 22.7 Å². The Kier molecular flexibility index (Phi) is 7.73. The molecule has 0 bridgehead atoms. The van der Waals surface area contributed by atoms with E-state index in [1.165, 1.54) is 35.5 Å². The van der Waals surface area contributed by atoms with Crippen molar-refractivity contribution in [3.8, 4) is 0 Å². The molecule has 0 aliphatic rings. The summed E-state index contributed by atoms with van der Waals surface area (Å²) in [5, 5.41) is 3.15. The first-order valence-electron chi connectivity index (χ1n) is 10.2. The number of hydrogen-bond acceptors (Lipinski definition) is 5. The minimum atomic E-state index is -3.91. The Bertz CT molecular complexity index is 1230. The molecule has 0 heterocycles. The van der Waals surface area contributed by atoms with Crippen LogP contribution in [0.1, 0.15) is 24.2 Å². The molecular formula is C24H23ClN2O5S. The molecule has 7 nitrogen and oxygen atoms in total. The molecule has 9 heteroatoms. The van der Waals surface area contributed by atoms with Crippen LogP contribution in [0.5, 0.6) is 0 Å². The Morgan fingerprint density at radius 3 is 2.30 bits per heavy atom. The first kappa shape index (κ1) is 24.3. The summed E-state index contributed by atoms with van der Waals surface area (Å²) in [6, 6.07) is 20.7. The van der Waals surface area contributed by atoms with Gasteiger partial charge in [0.1, 0.15) is 0 Å². The number of carbonyl (C=O) groups is 2. The fraction of sp³-hybridized carbons (Fsp3) is 0.167. The van der Waals surface area contributed by atoms with Gasteiger partial charge in [-0.3, -0.25) is 9.10 Å². The van der Waals surface area contributed by atoms with Crippen LogP contribution < -0.4 is 9.62 Å². The maximum absolute atomic E-state index is 13.2. The van der Waals surface area contributed by atoms with E-state index in [0.29, 0.717) is 16.4 Å². The standard InChI is InChI=1S/C24H23ClN2O5S/c1-3-27(21-9-5-4-6-10-21)33(30,31)22-11-7-8-18(16-22)24(29)32-17(2)23(28)26-20-14-12-19(25)13-15-20/h4-17H,3H2,1-2H3,(H,26,28)/t17-/m0/s1. The highest BCUT2D eigenvalue weighted by molar-refractivity contribution is 7.92. The third-order valence-corrected chi connectivity index (χ3v) is 6.90. The molecule has 3 aromatic rings. The first-order valence-corrected chi connectivity index (χ1v) is 12.0. The van der Waals surface area contributed by atoms with Crippen molar-refractivity contribution in [1.82, 2.24) is 0 Å². The minimum Gasteiger partial charge on any atom is -0.449 e. The summed E-state index contributed by atoms with van der Waals surface area (Å²) in [7, 11) is -3.91. The highest BCUT2D eigenvalue weighted by Gasteiger charge is 2.25. The summed E-state index contributed by atoms with van der Waals surface area (Å²) in [4.78, 5) is 24.9. The van der Waals surface area contributed by atoms with Crippen LogP contribution in [0.2, 0.25) is 5.02 Å². The predicted molar refractivity (Wildman–Crippen MR) is 128 cm³/mol. The Hall–Kier alpha value is -3.36. The van der Waals surface area contributed by atoms with Crippen molar-refractivity contribution in [2.75, 3.05) is 16.2 Å². The number of para-hydroxylation sites is 1. The van der Waals surface area contributed by atoms with Crippen molar-refractivity contribution in [3.05, 3.63) is 89.4 Å². The molecule has 0 aromatic heterocycles. The first-order chi connectivity index (χ1) is 15.7. The van der Waals surface area contributed by atoms with Gasteiger partial charge in [-0.15, -0.1) is 0 Å². The number of benzene rings is 3. The van der Waals surface area contributed by atoms with Crippen LogP contribution in [0.15, 0.2) is 83.8 Å². The van der Waals surface area contributed by atoms with Crippen molar-refractivity contribution in [1.29, 1.82) is 0 Å². The molecule has 0 aliphatic heterocycles. The summed E-state index contributed by atoms with van der Waals surface area (Å²) in [5.41, 5.74) is 1.03. The molecule has 1 atom stereocenters. The number of rotatable bonds is 8. The fourth-order valence-corrected chi connectivity index (χ4v) is 4.70. The van der Waals surface area contributed by atoms with E-state index in [-0.39, 0.29) is 17.0 Å². The van der Waals surface area contributed by atoms with Gasteiger partial charge in [-0.1, -0.05) is 35.9 Å². The number of nitrogens with zero attached hydrogens (tertiary/aromatic N) is 1. The van der Waals surface area contributed by atoms with Crippen molar-refractivity contribution in [3.63, 3.8) is 0 Å². The average molecular weight is 487 g/mol. The van der Waals surface area contributed by atoms with Crippen LogP contribution in [0.25, 0.3) is 0 Å². The number of sulfonamides is 1. The number of ether oxygens (including phenoxy) is 1. The second-order valence-electron chi connectivity index (χ2n) is 7.08. The minimum absolute atomic E-state index is 0.0198. The highest BCUT2D eigenvalue weighted by Crippen LogP contribution is 2.24. The molecule has 0 aliphatic carbocycles. The molecular weight excluding hydrogens is 464 g/mol. The van der Waals surface area contributed by atoms with E-state index in [4.69, 9.17) is 16.3 Å². The van der Waals surface area contributed by atoms with Gasteiger partial charge in [-0.05, 0) is 68.4 Å². The Morgan fingerprint density at radius 2 is 1.67 bits per heavy atom. The lowest BCUT2D eigenvalue weighted by molar-refractivity contribution is -0.123. The zero-order valence-corrected chi connectivity index (χ0v) is 19.6. The molecule has 0 fully saturated rings. The largest absolute Gasteiger partial charge is 0.449 e. The van der Waals surface area contributed by atoms with E-state index in [0.717, 1.165) is 0 Å². The predicted octanol–water partition coefficient (Wildman–Crippen LogP) is 4.74. The lowest BCUT2D eigenvalue weighted by Gasteiger charge is -2.23. The maximum atomic E-state index is 13.2. The van der Waals surface area contributed by atoms with Gasteiger partial charge >= 0.3 is 5.97 Å². The topological polar surface area (TPSA) is 92.8 Å². The zero-order valence-electron chi connectivity index (χ0n) is 18.1. The van der Waals surface area contributed by atoms with Crippen LogP contribution in [0.3, 0.4) is 0 Å². The third kappa shape index (κ3) is 5.91. The highest BCUT2D eigenvalue weighted by atomic mass is 35.5. The van der Waals surface area contributed by atoms with Crippen LogP contribution >= 0.6 is 11.6 Å². The molecule has 0 unspecified atom stereocenters. The van der Waals surface area contributed by atoms with Gasteiger partial charge in [0.2, 0.25) is 0 Å². The molecule has 0 saturated heterocycles. The monoisotopic (exact) mass is 486 g/mol. The zero-order chi connectivity index (χ0) is 24.0. The van der Waals surface area contributed by atoms with Gasteiger partial charge in [0.25, 0.3) is 15.9 Å². The quantitative estimate of drug-likeness (QED) is 0.464. The summed E-state index contributed by atoms with van der Waals surface area (Å²) >= 11 is 5.83. The number of anilines is 2. The third-order valence-electron chi connectivity index (χ3n) is 4.75. The summed E-state index contributed by atoms with van der Waals surface area (Å²) in [6.45, 7) is 3.37. The second kappa shape index (κ2) is 10.5. The number of hydrogen-bond donors (Lipinski definition) is 1. The van der Waals surface area contributed by atoms with Crippen molar-refractivity contribution in [2.24, 2.45) is 0 Å². The van der Waals surface area contributed by atoms with E-state index < -0.39 is 28.0 Å². The smallest absolute Gasteiger partial charge is 0.338 e. The number of halogens is 1. The maximum Gasteiger partial charge on any atom is 0.338 e. The molecule has 0 radical (unpaired) electrons. The van der Waals surface area contributed by atoms with E-state index in [1.54, 1.807) is 61.5 Å². The van der Waals surface area contributed by atoms with Crippen LogP contribution in [-0.2, 0) is 19.6 Å². The number of esters is 1. The Morgan fingerprint density at radius 1 is 1.00 bits per heavy atom. The van der Waals surface area contributed by atoms with Gasteiger partial charge in [0.15, 0.2) is 6.10 Å². The summed E-state index contributed by atoms with van der Waals surface area (Å²) in [6.07, 6.45) is -1.11. The van der Waals surface area contributed by atoms with Crippen LogP contribution in [0, 0.1) is 0 Å². The molecule has 1 N–H and O–H groups in total. The number of amides is 1. The van der Waals surface area contributed by atoms with Gasteiger partial charge < -0.3 is 10.1 Å².